The molecule has 1 amide bonds. The van der Waals surface area contributed by atoms with Crippen LogP contribution in [0.15, 0.2) is 52.4 Å². The summed E-state index contributed by atoms with van der Waals surface area (Å²) in [4.78, 5) is 30.1. The van der Waals surface area contributed by atoms with Gasteiger partial charge < -0.3 is 14.0 Å². The minimum atomic E-state index is -3.91. The van der Waals surface area contributed by atoms with Crippen LogP contribution in [0, 0.1) is 0 Å². The van der Waals surface area contributed by atoms with Crippen LogP contribution in [0.3, 0.4) is 0 Å². The smallest absolute Gasteiger partial charge is 0.326 e. The topological polar surface area (TPSA) is 107 Å². The molecule has 0 N–H and O–H groups in total. The number of methoxy groups -OCH3 is 1. The Morgan fingerprint density at radius 3 is 2.63 bits per heavy atom. The highest BCUT2D eigenvalue weighted by Gasteiger charge is 2.39. The number of rotatable bonds is 7. The van der Waals surface area contributed by atoms with Gasteiger partial charge in [0.05, 0.1) is 28.8 Å². The molecule has 2 aromatic carbocycles. The molecule has 1 aliphatic heterocycles. The summed E-state index contributed by atoms with van der Waals surface area (Å²) in [5, 5.41) is 0.507. The van der Waals surface area contributed by atoms with Crippen LogP contribution in [0.4, 0.5) is 0 Å². The molecule has 4 rings (SSSR count). The van der Waals surface area contributed by atoms with Crippen LogP contribution in [-0.4, -0.2) is 55.5 Å². The third kappa shape index (κ3) is 5.27. The van der Waals surface area contributed by atoms with E-state index in [2.05, 4.69) is 4.99 Å². The molecule has 0 radical (unpaired) electrons. The van der Waals surface area contributed by atoms with E-state index in [1.165, 1.54) is 34.9 Å². The van der Waals surface area contributed by atoms with E-state index in [0.717, 1.165) is 4.70 Å². The first-order valence-corrected chi connectivity index (χ1v) is 13.6. The summed E-state index contributed by atoms with van der Waals surface area (Å²) in [5.41, 5.74) is 0.674. The van der Waals surface area contributed by atoms with Crippen molar-refractivity contribution in [3.8, 4) is 5.75 Å². The first-order valence-electron chi connectivity index (χ1n) is 10.9. The van der Waals surface area contributed by atoms with Gasteiger partial charge in [-0.15, -0.1) is 0 Å². The minimum absolute atomic E-state index is 0.0758. The summed E-state index contributed by atoms with van der Waals surface area (Å²) in [6.07, 6.45) is 0.887. The second kappa shape index (κ2) is 10.5. The summed E-state index contributed by atoms with van der Waals surface area (Å²) >= 11 is 7.31. The van der Waals surface area contributed by atoms with Gasteiger partial charge in [0.1, 0.15) is 18.3 Å². The Balaban J connectivity index is 1.70. The van der Waals surface area contributed by atoms with E-state index in [1.807, 2.05) is 0 Å². The zero-order valence-electron chi connectivity index (χ0n) is 19.1. The summed E-state index contributed by atoms with van der Waals surface area (Å²) in [6.45, 7) is 2.00. The molecule has 3 aromatic rings. The molecule has 0 aliphatic carbocycles. The molecule has 0 saturated carbocycles. The third-order valence-electron chi connectivity index (χ3n) is 5.60. The molecule has 1 unspecified atom stereocenters. The lowest BCUT2D eigenvalue weighted by atomic mass is 10.2. The number of carbonyl (C=O) groups is 2. The van der Waals surface area contributed by atoms with Crippen molar-refractivity contribution in [3.05, 3.63) is 52.3 Å². The van der Waals surface area contributed by atoms with Crippen molar-refractivity contribution in [2.24, 2.45) is 4.99 Å². The predicted octanol–water partition coefficient (Wildman–Crippen LogP) is 3.21. The van der Waals surface area contributed by atoms with Gasteiger partial charge in [-0.25, -0.2) is 8.42 Å². The lowest BCUT2D eigenvalue weighted by molar-refractivity contribution is -0.143. The molecule has 1 atom stereocenters. The van der Waals surface area contributed by atoms with Crippen molar-refractivity contribution in [1.29, 1.82) is 0 Å². The van der Waals surface area contributed by atoms with E-state index in [1.54, 1.807) is 41.8 Å². The number of ether oxygens (including phenoxy) is 2. The van der Waals surface area contributed by atoms with Crippen LogP contribution in [0.5, 0.6) is 5.75 Å². The molecule has 1 aliphatic rings. The van der Waals surface area contributed by atoms with E-state index in [9.17, 15) is 18.0 Å². The molecule has 35 heavy (non-hydrogen) atoms. The molecule has 12 heteroatoms. The second-order valence-electron chi connectivity index (χ2n) is 7.79. The molecule has 186 valence electrons. The maximum atomic E-state index is 13.3. The maximum absolute atomic E-state index is 13.3. The fraction of sp³-hybridized carbons (Fsp3) is 0.348. The molecule has 0 bridgehead atoms. The Bertz CT molecular complexity index is 1430. The summed E-state index contributed by atoms with van der Waals surface area (Å²) < 4.78 is 40.2. The number of thiazole rings is 1. The molecular weight excluding hydrogens is 514 g/mol. The third-order valence-corrected chi connectivity index (χ3v) is 8.80. The quantitative estimate of drug-likeness (QED) is 0.428. The molecule has 2 heterocycles. The zero-order valence-corrected chi connectivity index (χ0v) is 21.5. The van der Waals surface area contributed by atoms with E-state index in [0.29, 0.717) is 29.1 Å². The first kappa shape index (κ1) is 25.4. The number of halogens is 1. The number of sulfonamides is 1. The number of benzene rings is 2. The van der Waals surface area contributed by atoms with Gasteiger partial charge in [0.25, 0.3) is 5.91 Å². The first-order chi connectivity index (χ1) is 16.7. The number of aromatic nitrogens is 1. The van der Waals surface area contributed by atoms with Crippen LogP contribution in [0.1, 0.15) is 19.8 Å². The summed E-state index contributed by atoms with van der Waals surface area (Å²) in [6, 6.07) is 10.2. The van der Waals surface area contributed by atoms with Crippen molar-refractivity contribution in [2.45, 2.75) is 37.2 Å². The second-order valence-corrected chi connectivity index (χ2v) is 11.1. The normalized spacial score (nSPS) is 17.1. The van der Waals surface area contributed by atoms with E-state index >= 15 is 0 Å². The van der Waals surface area contributed by atoms with E-state index in [-0.39, 0.29) is 29.4 Å². The molecule has 9 nitrogen and oxygen atoms in total. The Morgan fingerprint density at radius 1 is 1.20 bits per heavy atom. The SMILES string of the molecule is CCOC(=O)Cn1c(=NC(=O)C2CCCN2S(=O)(=O)c2ccc(OC)cc2)sc2cc(Cl)ccc21. The van der Waals surface area contributed by atoms with Crippen molar-refractivity contribution in [2.75, 3.05) is 20.3 Å². The number of nitrogens with zero attached hydrogens (tertiary/aromatic N) is 3. The minimum Gasteiger partial charge on any atom is -0.497 e. The molecule has 0 spiro atoms. The molecule has 1 fully saturated rings. The summed E-state index contributed by atoms with van der Waals surface area (Å²) in [5.74, 6) is -0.528. The summed E-state index contributed by atoms with van der Waals surface area (Å²) in [7, 11) is -2.42. The monoisotopic (exact) mass is 537 g/mol. The van der Waals surface area contributed by atoms with Crippen LogP contribution >= 0.6 is 22.9 Å². The van der Waals surface area contributed by atoms with Crippen molar-refractivity contribution in [1.82, 2.24) is 8.87 Å². The number of hydrogen-bond acceptors (Lipinski definition) is 7. The number of fused-ring (bicyclic) bond motifs is 1. The van der Waals surface area contributed by atoms with Crippen molar-refractivity contribution in [3.63, 3.8) is 0 Å². The molecule has 1 saturated heterocycles. The average Bonchev–Trinajstić information content (AvgIpc) is 3.45. The number of hydrogen-bond donors (Lipinski definition) is 0. The van der Waals surface area contributed by atoms with Crippen LogP contribution in [-0.2, 0) is 30.9 Å². The van der Waals surface area contributed by atoms with Gasteiger partial charge in [0, 0.05) is 11.6 Å². The number of carbonyl (C=O) groups excluding carboxylic acids is 2. The highest BCUT2D eigenvalue weighted by atomic mass is 35.5. The Labute approximate surface area is 211 Å². The number of amides is 1. The standard InChI is InChI=1S/C23H24ClN3O6S2/c1-3-33-21(28)14-26-18-11-6-15(24)13-20(18)34-23(26)25-22(29)19-5-4-12-27(19)35(30,31)17-9-7-16(32-2)8-10-17/h6-11,13,19H,3-5,12,14H2,1-2H3. The highest BCUT2D eigenvalue weighted by Crippen LogP contribution is 2.28. The van der Waals surface area contributed by atoms with Gasteiger partial charge in [-0.3, -0.25) is 9.59 Å². The largest absolute Gasteiger partial charge is 0.497 e. The van der Waals surface area contributed by atoms with E-state index < -0.39 is 27.9 Å². The van der Waals surface area contributed by atoms with Crippen LogP contribution in [0.25, 0.3) is 10.2 Å². The predicted molar refractivity (Wildman–Crippen MR) is 132 cm³/mol. The Morgan fingerprint density at radius 2 is 1.94 bits per heavy atom. The van der Waals surface area contributed by atoms with Gasteiger partial charge in [-0.2, -0.15) is 9.30 Å². The number of esters is 1. The van der Waals surface area contributed by atoms with Gasteiger partial charge >= 0.3 is 5.97 Å². The lowest BCUT2D eigenvalue weighted by Gasteiger charge is -2.21. The Kier molecular flexibility index (Phi) is 7.60. The Hall–Kier alpha value is -2.73. The fourth-order valence-corrected chi connectivity index (χ4v) is 6.91. The lowest BCUT2D eigenvalue weighted by Crippen LogP contribution is -2.40. The maximum Gasteiger partial charge on any atom is 0.326 e. The van der Waals surface area contributed by atoms with Gasteiger partial charge in [0.15, 0.2) is 4.80 Å². The molecular formula is C23H24ClN3O6S2. The zero-order chi connectivity index (χ0) is 25.2. The van der Waals surface area contributed by atoms with E-state index in [4.69, 9.17) is 21.1 Å². The average molecular weight is 538 g/mol. The van der Waals surface area contributed by atoms with Crippen LogP contribution < -0.4 is 9.54 Å². The van der Waals surface area contributed by atoms with Crippen molar-refractivity contribution >= 4 is 55.1 Å². The van der Waals surface area contributed by atoms with Gasteiger partial charge in [-0.05, 0) is 62.2 Å². The van der Waals surface area contributed by atoms with Gasteiger partial charge in [-0.1, -0.05) is 22.9 Å². The van der Waals surface area contributed by atoms with Crippen molar-refractivity contribution < 1.29 is 27.5 Å². The highest BCUT2D eigenvalue weighted by molar-refractivity contribution is 7.89. The van der Waals surface area contributed by atoms with Crippen LogP contribution in [0.2, 0.25) is 5.02 Å². The molecule has 1 aromatic heterocycles. The fourth-order valence-electron chi connectivity index (χ4n) is 3.95. The van der Waals surface area contributed by atoms with Gasteiger partial charge in [0.2, 0.25) is 10.0 Å².